The molecule has 0 spiro atoms. The van der Waals surface area contributed by atoms with Crippen LogP contribution in [0.2, 0.25) is 0 Å². The fourth-order valence-electron chi connectivity index (χ4n) is 4.72. The predicted octanol–water partition coefficient (Wildman–Crippen LogP) is 4.28. The molecule has 13 heteroatoms. The van der Waals surface area contributed by atoms with E-state index in [0.29, 0.717) is 37.7 Å². The molecule has 4 aromatic rings. The lowest BCUT2D eigenvalue weighted by atomic mass is 10.0. The average molecular weight is 594 g/mol. The number of methoxy groups -OCH3 is 1. The number of hydrogen-bond donors (Lipinski definition) is 1. The molecule has 3 aromatic heterocycles. The number of pyridine rings is 1. The second-order valence-corrected chi connectivity index (χ2v) is 11.5. The van der Waals surface area contributed by atoms with Crippen LogP contribution in [0.25, 0.3) is 20.2 Å². The summed E-state index contributed by atoms with van der Waals surface area (Å²) in [6.45, 7) is 5.13. The maximum atomic E-state index is 13.3. The van der Waals surface area contributed by atoms with Crippen LogP contribution in [-0.2, 0) is 35.2 Å². The van der Waals surface area contributed by atoms with Crippen molar-refractivity contribution in [3.63, 3.8) is 0 Å². The summed E-state index contributed by atoms with van der Waals surface area (Å²) in [6.07, 6.45) is -2.22. The first kappa shape index (κ1) is 28.8. The van der Waals surface area contributed by atoms with Crippen LogP contribution in [0.1, 0.15) is 16.8 Å². The Hall–Kier alpha value is -2.68. The van der Waals surface area contributed by atoms with E-state index in [1.165, 1.54) is 23.5 Å². The van der Waals surface area contributed by atoms with Gasteiger partial charge in [-0.2, -0.15) is 13.2 Å². The molecule has 214 valence electrons. The lowest BCUT2D eigenvalue weighted by Gasteiger charge is -2.28. The van der Waals surface area contributed by atoms with E-state index in [0.717, 1.165) is 69.6 Å². The Labute approximate surface area is 237 Å². The largest absolute Gasteiger partial charge is 0.416 e. The number of alkyl halides is 3. The molecule has 0 amide bonds. The Kier molecular flexibility index (Phi) is 9.28. The normalized spacial score (nSPS) is 15.6. The monoisotopic (exact) mass is 593 g/mol. The van der Waals surface area contributed by atoms with Gasteiger partial charge in [-0.3, -0.25) is 14.3 Å². The van der Waals surface area contributed by atoms with Gasteiger partial charge in [0.1, 0.15) is 15.4 Å². The second kappa shape index (κ2) is 12.9. The minimum absolute atomic E-state index is 0.137. The third-order valence-corrected chi connectivity index (χ3v) is 8.92. The number of aromatic nitrogens is 3. The van der Waals surface area contributed by atoms with Crippen molar-refractivity contribution in [3.8, 4) is 9.88 Å². The van der Waals surface area contributed by atoms with E-state index in [-0.39, 0.29) is 17.5 Å². The van der Waals surface area contributed by atoms with Crippen LogP contribution in [0.3, 0.4) is 0 Å². The summed E-state index contributed by atoms with van der Waals surface area (Å²) in [6, 6.07) is 8.72. The standard InChI is InChI=1S/C27H30F3N5O3S2/c1-37-17-22-23(25-33-21-3-2-8-32-24(21)40-25)39-26(36)35(22)16-20(31-9-10-34-11-13-38-14-12-34)15-18-4-6-19(7-5-18)27(28,29)30/h2-8,20,31H,9-17H2,1H3/t20-/m0/s1. The molecule has 5 rings (SSSR count). The van der Waals surface area contributed by atoms with Gasteiger partial charge in [-0.25, -0.2) is 9.97 Å². The quantitative estimate of drug-likeness (QED) is 0.278. The van der Waals surface area contributed by atoms with Crippen molar-refractivity contribution < 1.29 is 22.6 Å². The molecular weight excluding hydrogens is 563 g/mol. The Balaban J connectivity index is 1.40. The van der Waals surface area contributed by atoms with Gasteiger partial charge in [-0.1, -0.05) is 34.8 Å². The number of fused-ring (bicyclic) bond motifs is 1. The van der Waals surface area contributed by atoms with Gasteiger partial charge < -0.3 is 14.8 Å². The van der Waals surface area contributed by atoms with E-state index in [4.69, 9.17) is 14.5 Å². The highest BCUT2D eigenvalue weighted by Gasteiger charge is 2.30. The first-order valence-corrected chi connectivity index (χ1v) is 14.6. The van der Waals surface area contributed by atoms with E-state index >= 15 is 0 Å². The summed E-state index contributed by atoms with van der Waals surface area (Å²) in [7, 11) is 1.58. The molecule has 1 aliphatic heterocycles. The van der Waals surface area contributed by atoms with Crippen molar-refractivity contribution in [2.45, 2.75) is 31.8 Å². The van der Waals surface area contributed by atoms with Crippen molar-refractivity contribution in [1.82, 2.24) is 24.8 Å². The minimum Gasteiger partial charge on any atom is -0.379 e. The number of morpholine rings is 1. The highest BCUT2D eigenvalue weighted by Crippen LogP contribution is 2.34. The fraction of sp³-hybridized carbons (Fsp3) is 0.444. The maximum Gasteiger partial charge on any atom is 0.416 e. The first-order chi connectivity index (χ1) is 19.3. The summed E-state index contributed by atoms with van der Waals surface area (Å²) in [5.41, 5.74) is 1.57. The van der Waals surface area contributed by atoms with Crippen molar-refractivity contribution in [1.29, 1.82) is 0 Å². The molecule has 0 aliphatic carbocycles. The van der Waals surface area contributed by atoms with Crippen LogP contribution in [0.15, 0.2) is 47.4 Å². The molecule has 8 nitrogen and oxygen atoms in total. The Morgan fingerprint density at radius 2 is 1.93 bits per heavy atom. The highest BCUT2D eigenvalue weighted by molar-refractivity contribution is 7.24. The van der Waals surface area contributed by atoms with Crippen LogP contribution in [-0.4, -0.2) is 72.0 Å². The van der Waals surface area contributed by atoms with Gasteiger partial charge in [0.25, 0.3) is 0 Å². The van der Waals surface area contributed by atoms with Crippen molar-refractivity contribution in [2.75, 3.05) is 46.5 Å². The molecule has 1 fully saturated rings. The predicted molar refractivity (Wildman–Crippen MR) is 150 cm³/mol. The van der Waals surface area contributed by atoms with Crippen LogP contribution in [0, 0.1) is 0 Å². The molecule has 1 aromatic carbocycles. The molecule has 0 bridgehead atoms. The molecule has 40 heavy (non-hydrogen) atoms. The fourth-order valence-corrected chi connectivity index (χ4v) is 6.73. The number of halogens is 3. The Bertz CT molecular complexity index is 1430. The van der Waals surface area contributed by atoms with Gasteiger partial charge in [-0.15, -0.1) is 0 Å². The van der Waals surface area contributed by atoms with E-state index in [9.17, 15) is 18.0 Å². The molecular formula is C27H30F3N5O3S2. The summed E-state index contributed by atoms with van der Waals surface area (Å²) in [4.78, 5) is 26.1. The van der Waals surface area contributed by atoms with Gasteiger partial charge in [0.05, 0.1) is 36.0 Å². The molecule has 1 N–H and O–H groups in total. The highest BCUT2D eigenvalue weighted by atomic mass is 32.1. The van der Waals surface area contributed by atoms with Gasteiger partial charge in [0.2, 0.25) is 0 Å². The van der Waals surface area contributed by atoms with E-state index in [1.807, 2.05) is 12.1 Å². The van der Waals surface area contributed by atoms with Crippen molar-refractivity contribution in [3.05, 3.63) is 69.1 Å². The third kappa shape index (κ3) is 6.96. The molecule has 0 radical (unpaired) electrons. The van der Waals surface area contributed by atoms with Gasteiger partial charge in [-0.05, 0) is 36.2 Å². The van der Waals surface area contributed by atoms with Gasteiger partial charge in [0.15, 0.2) is 0 Å². The number of nitrogens with one attached hydrogen (secondary N) is 1. The number of benzene rings is 1. The lowest BCUT2D eigenvalue weighted by Crippen LogP contribution is -2.44. The second-order valence-electron chi connectivity index (χ2n) is 9.54. The SMILES string of the molecule is COCc1c(-c2nc3cccnc3s2)sc(=O)n1C[C@H](Cc1ccc(C(F)(F)F)cc1)NCCN1CCOCC1. The third-order valence-electron chi connectivity index (χ3n) is 6.77. The molecule has 1 saturated heterocycles. The van der Waals surface area contributed by atoms with Crippen LogP contribution in [0.5, 0.6) is 0 Å². The Morgan fingerprint density at radius 3 is 2.62 bits per heavy atom. The number of hydrogen-bond acceptors (Lipinski definition) is 9. The summed E-state index contributed by atoms with van der Waals surface area (Å²) < 4.78 is 51.9. The topological polar surface area (TPSA) is 81.5 Å². The zero-order valence-corrected chi connectivity index (χ0v) is 23.6. The van der Waals surface area contributed by atoms with E-state index in [1.54, 1.807) is 17.9 Å². The first-order valence-electron chi connectivity index (χ1n) is 12.9. The molecule has 0 unspecified atom stereocenters. The van der Waals surface area contributed by atoms with E-state index < -0.39 is 11.7 Å². The maximum absolute atomic E-state index is 13.3. The zero-order chi connectivity index (χ0) is 28.1. The molecule has 1 aliphatic rings. The van der Waals surface area contributed by atoms with Gasteiger partial charge in [0, 0.05) is 52.1 Å². The summed E-state index contributed by atoms with van der Waals surface area (Å²) in [5, 5.41) is 4.26. The number of nitrogens with zero attached hydrogens (tertiary/aromatic N) is 4. The minimum atomic E-state index is -4.39. The van der Waals surface area contributed by atoms with E-state index in [2.05, 4.69) is 15.2 Å². The summed E-state index contributed by atoms with van der Waals surface area (Å²) in [5.74, 6) is 0. The Morgan fingerprint density at radius 1 is 1.15 bits per heavy atom. The van der Waals surface area contributed by atoms with Crippen LogP contribution in [0.4, 0.5) is 13.2 Å². The molecule has 1 atom stereocenters. The van der Waals surface area contributed by atoms with Gasteiger partial charge >= 0.3 is 11.0 Å². The van der Waals surface area contributed by atoms with Crippen LogP contribution < -0.4 is 10.2 Å². The average Bonchev–Trinajstić information content (AvgIpc) is 3.50. The number of ether oxygens (including phenoxy) is 2. The van der Waals surface area contributed by atoms with Crippen molar-refractivity contribution in [2.24, 2.45) is 0 Å². The number of rotatable bonds is 11. The van der Waals surface area contributed by atoms with Crippen LogP contribution >= 0.6 is 22.7 Å². The van der Waals surface area contributed by atoms with Crippen molar-refractivity contribution >= 4 is 33.0 Å². The zero-order valence-electron chi connectivity index (χ0n) is 21.9. The molecule has 4 heterocycles. The summed E-state index contributed by atoms with van der Waals surface area (Å²) >= 11 is 2.55. The number of thiazole rings is 2. The smallest absolute Gasteiger partial charge is 0.379 e. The molecule has 0 saturated carbocycles. The lowest BCUT2D eigenvalue weighted by molar-refractivity contribution is -0.137.